The van der Waals surface area contributed by atoms with E-state index in [1.54, 1.807) is 12.3 Å². The Morgan fingerprint density at radius 1 is 1.19 bits per heavy atom. The molecule has 1 aliphatic heterocycles. The first-order chi connectivity index (χ1) is 17.9. The second-order valence-corrected chi connectivity index (χ2v) is 9.96. The molecule has 4 aromatic rings. The van der Waals surface area contributed by atoms with Crippen molar-refractivity contribution in [3.63, 3.8) is 0 Å². The minimum atomic E-state index is -0.342. The maximum absolute atomic E-state index is 13.7. The van der Waals surface area contributed by atoms with Crippen LogP contribution in [-0.4, -0.2) is 16.0 Å². The molecular weight excluding hydrogens is 555 g/mol. The Kier molecular flexibility index (Phi) is 7.08. The van der Waals surface area contributed by atoms with E-state index in [9.17, 15) is 9.18 Å². The number of thiocarbonyl (C=S) groups is 1. The number of nitrogens with zero attached hydrogens (tertiary/aromatic N) is 2. The number of benzene rings is 2. The van der Waals surface area contributed by atoms with E-state index in [1.807, 2.05) is 67.3 Å². The predicted molar refractivity (Wildman–Crippen MR) is 150 cm³/mol. The molecule has 2 aromatic carbocycles. The van der Waals surface area contributed by atoms with Crippen LogP contribution in [0.2, 0.25) is 0 Å². The van der Waals surface area contributed by atoms with Crippen LogP contribution >= 0.6 is 28.1 Å². The van der Waals surface area contributed by atoms with Gasteiger partial charge in [-0.2, -0.15) is 0 Å². The fourth-order valence-corrected chi connectivity index (χ4v) is 5.34. The molecule has 0 radical (unpaired) electrons. The summed E-state index contributed by atoms with van der Waals surface area (Å²) in [6.07, 6.45) is 2.15. The summed E-state index contributed by atoms with van der Waals surface area (Å²) in [6.45, 7) is 3.77. The highest BCUT2D eigenvalue weighted by atomic mass is 79.9. The lowest BCUT2D eigenvalue weighted by Crippen LogP contribution is -2.29. The van der Waals surface area contributed by atoms with Crippen LogP contribution < -0.4 is 15.5 Å². The van der Waals surface area contributed by atoms with E-state index in [0.29, 0.717) is 27.5 Å². The first-order valence-corrected chi connectivity index (χ1v) is 13.0. The normalized spacial score (nSPS) is 17.1. The summed E-state index contributed by atoms with van der Waals surface area (Å²) in [5.74, 6) is 0.906. The molecule has 1 fully saturated rings. The van der Waals surface area contributed by atoms with Crippen molar-refractivity contribution in [2.24, 2.45) is 0 Å². The first kappa shape index (κ1) is 25.1. The van der Waals surface area contributed by atoms with Gasteiger partial charge < -0.3 is 20.0 Å². The fourth-order valence-electron chi connectivity index (χ4n) is 4.44. The van der Waals surface area contributed by atoms with Crippen molar-refractivity contribution in [2.45, 2.75) is 32.4 Å². The molecule has 6 nitrogen and oxygen atoms in total. The zero-order chi connectivity index (χ0) is 26.1. The third kappa shape index (κ3) is 5.01. The molecule has 2 aromatic heterocycles. The number of nitrogens with one attached hydrogen (secondary N) is 2. The molecule has 2 unspecified atom stereocenters. The Hall–Kier alpha value is -3.56. The summed E-state index contributed by atoms with van der Waals surface area (Å²) in [5.41, 5.74) is 4.09. The summed E-state index contributed by atoms with van der Waals surface area (Å²) in [6, 6.07) is 19.2. The quantitative estimate of drug-likeness (QED) is 0.238. The van der Waals surface area contributed by atoms with Gasteiger partial charge in [-0.1, -0.05) is 13.0 Å². The third-order valence-electron chi connectivity index (χ3n) is 6.30. The van der Waals surface area contributed by atoms with Gasteiger partial charge in [0.15, 0.2) is 5.11 Å². The van der Waals surface area contributed by atoms with Crippen LogP contribution in [0, 0.1) is 12.7 Å². The van der Waals surface area contributed by atoms with E-state index >= 15 is 0 Å². The van der Waals surface area contributed by atoms with Crippen molar-refractivity contribution in [1.82, 2.24) is 10.3 Å². The molecule has 9 heteroatoms. The van der Waals surface area contributed by atoms with E-state index in [4.69, 9.17) is 16.6 Å². The lowest BCUT2D eigenvalue weighted by Gasteiger charge is -2.27. The second-order valence-electron chi connectivity index (χ2n) is 8.72. The van der Waals surface area contributed by atoms with Crippen molar-refractivity contribution in [2.75, 3.05) is 10.2 Å². The fraction of sp³-hybridized carbons (Fsp3) is 0.179. The minimum Gasteiger partial charge on any atom is -0.459 e. The standard InChI is InChI=1S/C28H24BrFN4O2S/c1-3-25(35)32-21-10-8-18(14-16(21)2)34-27(26(33-28(34)37)22-6-4-5-13-31-22)24-12-11-23(36-24)19-9-7-17(30)15-20(19)29/h4-15,26-27H,3H2,1-2H3,(H,32,35)(H,33,37). The Morgan fingerprint density at radius 3 is 2.73 bits per heavy atom. The SMILES string of the molecule is CCC(=O)Nc1ccc(N2C(=S)NC(c3ccccn3)C2c2ccc(-c3ccc(F)cc3Br)o2)cc1C. The van der Waals surface area contributed by atoms with Crippen LogP contribution in [-0.2, 0) is 4.79 Å². The zero-order valence-corrected chi connectivity index (χ0v) is 22.6. The molecule has 5 rings (SSSR count). The molecule has 2 atom stereocenters. The molecule has 0 saturated carbocycles. The van der Waals surface area contributed by atoms with Gasteiger partial charge in [-0.25, -0.2) is 4.39 Å². The Labute approximate surface area is 228 Å². The van der Waals surface area contributed by atoms with E-state index in [2.05, 4.69) is 31.5 Å². The van der Waals surface area contributed by atoms with E-state index in [0.717, 1.165) is 28.2 Å². The van der Waals surface area contributed by atoms with Crippen LogP contribution in [0.5, 0.6) is 0 Å². The van der Waals surface area contributed by atoms with Crippen molar-refractivity contribution in [1.29, 1.82) is 0 Å². The summed E-state index contributed by atoms with van der Waals surface area (Å²) in [4.78, 5) is 18.5. The molecule has 1 amide bonds. The number of aromatic nitrogens is 1. The average molecular weight is 579 g/mol. The lowest BCUT2D eigenvalue weighted by atomic mass is 10.0. The Bertz CT molecular complexity index is 1480. The van der Waals surface area contributed by atoms with E-state index < -0.39 is 0 Å². The van der Waals surface area contributed by atoms with Crippen LogP contribution in [0.3, 0.4) is 0 Å². The summed E-state index contributed by atoms with van der Waals surface area (Å²) in [5, 5.41) is 6.88. The number of hydrogen-bond donors (Lipinski definition) is 2. The number of rotatable bonds is 6. The summed E-state index contributed by atoms with van der Waals surface area (Å²) >= 11 is 9.24. The van der Waals surface area contributed by atoms with Crippen LogP contribution in [0.25, 0.3) is 11.3 Å². The van der Waals surface area contributed by atoms with Gasteiger partial charge in [0.05, 0.1) is 11.7 Å². The van der Waals surface area contributed by atoms with Crippen LogP contribution in [0.4, 0.5) is 15.8 Å². The molecule has 3 heterocycles. The highest BCUT2D eigenvalue weighted by molar-refractivity contribution is 9.10. The van der Waals surface area contributed by atoms with Gasteiger partial charge in [0.2, 0.25) is 5.91 Å². The summed E-state index contributed by atoms with van der Waals surface area (Å²) < 4.78 is 20.6. The molecule has 0 spiro atoms. The lowest BCUT2D eigenvalue weighted by molar-refractivity contribution is -0.115. The monoisotopic (exact) mass is 578 g/mol. The number of carbonyl (C=O) groups is 1. The van der Waals surface area contributed by atoms with Crippen molar-refractivity contribution < 1.29 is 13.6 Å². The van der Waals surface area contributed by atoms with Gasteiger partial charge in [0, 0.05) is 34.0 Å². The van der Waals surface area contributed by atoms with Gasteiger partial charge in [-0.05, 0) is 101 Å². The summed E-state index contributed by atoms with van der Waals surface area (Å²) in [7, 11) is 0. The Morgan fingerprint density at radius 2 is 2.03 bits per heavy atom. The largest absolute Gasteiger partial charge is 0.459 e. The number of anilines is 2. The predicted octanol–water partition coefficient (Wildman–Crippen LogP) is 7.08. The Balaban J connectivity index is 1.57. The third-order valence-corrected chi connectivity index (χ3v) is 7.27. The van der Waals surface area contributed by atoms with Gasteiger partial charge in [-0.15, -0.1) is 0 Å². The van der Waals surface area contributed by atoms with E-state index in [-0.39, 0.29) is 23.8 Å². The topological polar surface area (TPSA) is 70.4 Å². The molecule has 0 aliphatic carbocycles. The number of amides is 1. The molecular formula is C28H24BrFN4O2S. The van der Waals surface area contributed by atoms with Gasteiger partial charge in [0.25, 0.3) is 0 Å². The minimum absolute atomic E-state index is 0.0441. The highest BCUT2D eigenvalue weighted by Gasteiger charge is 2.42. The number of furan rings is 1. The van der Waals surface area contributed by atoms with Crippen molar-refractivity contribution in [3.05, 3.63) is 100 Å². The smallest absolute Gasteiger partial charge is 0.224 e. The molecule has 37 heavy (non-hydrogen) atoms. The maximum atomic E-state index is 13.7. The number of pyridine rings is 1. The number of aryl methyl sites for hydroxylation is 1. The van der Waals surface area contributed by atoms with Crippen molar-refractivity contribution >= 4 is 50.5 Å². The van der Waals surface area contributed by atoms with Gasteiger partial charge in [-0.3, -0.25) is 9.78 Å². The first-order valence-electron chi connectivity index (χ1n) is 11.8. The molecule has 2 N–H and O–H groups in total. The van der Waals surface area contributed by atoms with E-state index in [1.165, 1.54) is 12.1 Å². The molecule has 188 valence electrons. The number of carbonyl (C=O) groups excluding carboxylic acids is 1. The average Bonchev–Trinajstić information content (AvgIpc) is 3.50. The van der Waals surface area contributed by atoms with Gasteiger partial charge >= 0.3 is 0 Å². The van der Waals surface area contributed by atoms with Crippen molar-refractivity contribution in [3.8, 4) is 11.3 Å². The van der Waals surface area contributed by atoms with Crippen LogP contribution in [0.15, 0.2) is 81.8 Å². The number of halogens is 2. The zero-order valence-electron chi connectivity index (χ0n) is 20.2. The highest BCUT2D eigenvalue weighted by Crippen LogP contribution is 2.44. The van der Waals surface area contributed by atoms with Gasteiger partial charge in [0.1, 0.15) is 23.4 Å². The second kappa shape index (κ2) is 10.4. The molecule has 1 aliphatic rings. The molecule has 1 saturated heterocycles. The maximum Gasteiger partial charge on any atom is 0.224 e. The van der Waals surface area contributed by atoms with Crippen LogP contribution in [0.1, 0.15) is 42.4 Å². The molecule has 0 bridgehead atoms. The number of hydrogen-bond acceptors (Lipinski definition) is 4.